The van der Waals surface area contributed by atoms with Crippen LogP contribution in [0.5, 0.6) is 0 Å². The van der Waals surface area contributed by atoms with Gasteiger partial charge >= 0.3 is 37.1 Å². The number of nitrogens with zero attached hydrogens (tertiary/aromatic N) is 5. The SMILES string of the molecule is O=C1Cn2c(nc(C(F)(F)F)c(Br)c2=O)N1.O=C1Cn2c(nc(C(F)(F)F)cc2=O)N1.[B]=NS. The molecule has 0 aromatic carbocycles. The van der Waals surface area contributed by atoms with Crippen molar-refractivity contribution in [1.29, 1.82) is 0 Å². The Morgan fingerprint density at radius 1 is 0.941 bits per heavy atom. The van der Waals surface area contributed by atoms with E-state index < -0.39 is 51.1 Å². The third-order valence-corrected chi connectivity index (χ3v) is 4.50. The van der Waals surface area contributed by atoms with E-state index in [1.165, 1.54) is 0 Å². The van der Waals surface area contributed by atoms with Crippen LogP contribution in [0.25, 0.3) is 0 Å². The van der Waals surface area contributed by atoms with E-state index in [-0.39, 0.29) is 25.0 Å². The number of rotatable bonds is 0. The number of alkyl halides is 6. The Hall–Kier alpha value is -3.03. The zero-order valence-electron chi connectivity index (χ0n) is 16.0. The van der Waals surface area contributed by atoms with Crippen LogP contribution in [0.2, 0.25) is 0 Å². The van der Waals surface area contributed by atoms with E-state index in [0.29, 0.717) is 6.07 Å². The van der Waals surface area contributed by atoms with Gasteiger partial charge in [-0.25, -0.2) is 9.97 Å². The Kier molecular flexibility index (Phi) is 8.07. The number of carbonyl (C=O) groups is 2. The van der Waals surface area contributed by atoms with Crippen molar-refractivity contribution in [1.82, 2.24) is 19.1 Å². The monoisotopic (exact) mass is 574 g/mol. The van der Waals surface area contributed by atoms with E-state index in [1.807, 2.05) is 0 Å². The molecular formula is C14H8BBrF6N7O4S. The Morgan fingerprint density at radius 3 is 1.88 bits per heavy atom. The maximum absolute atomic E-state index is 12.4. The normalized spacial score (nSPS) is 14.0. The molecule has 181 valence electrons. The van der Waals surface area contributed by atoms with Gasteiger partial charge < -0.3 is 0 Å². The van der Waals surface area contributed by atoms with Crippen LogP contribution in [-0.2, 0) is 35.0 Å². The third kappa shape index (κ3) is 6.10. The first-order chi connectivity index (χ1) is 15.6. The summed E-state index contributed by atoms with van der Waals surface area (Å²) in [6, 6.07) is 0.365. The molecule has 1 radical (unpaired) electrons. The predicted octanol–water partition coefficient (Wildman–Crippen LogP) is 1.37. The first-order valence-electron chi connectivity index (χ1n) is 8.30. The van der Waals surface area contributed by atoms with E-state index in [1.54, 1.807) is 0 Å². The Balaban J connectivity index is 0.000000216. The van der Waals surface area contributed by atoms with Gasteiger partial charge in [-0.15, -0.1) is 0 Å². The molecule has 0 atom stereocenters. The standard InChI is InChI=1S/C7H3BrF3N3O2.C7H4F3N3O2.BHNS/c8-3-4(7(9,10)11)13-6-12-2(15)1-14(6)5(3)16;8-7(9,10)3-1-5(15)13-2-4(14)12-6(13)11-3;1-2-3/h1H2,(H,12,13,15);1H,2H2,(H,11,12,14);3H. The number of thiol groups is 1. The molecule has 4 heterocycles. The van der Waals surface area contributed by atoms with Crippen LogP contribution in [-0.4, -0.2) is 38.6 Å². The Morgan fingerprint density at radius 2 is 1.41 bits per heavy atom. The zero-order valence-corrected chi connectivity index (χ0v) is 18.5. The second kappa shape index (κ2) is 10.1. The summed E-state index contributed by atoms with van der Waals surface area (Å²) in [4.78, 5) is 50.7. The van der Waals surface area contributed by atoms with Crippen molar-refractivity contribution < 1.29 is 35.9 Å². The summed E-state index contributed by atoms with van der Waals surface area (Å²) in [5, 5.41) is 4.13. The molecule has 20 heteroatoms. The number of hydrogen-bond donors (Lipinski definition) is 3. The molecule has 2 amide bonds. The number of halogens is 7. The maximum atomic E-state index is 12.4. The van der Waals surface area contributed by atoms with Crippen LogP contribution in [0.3, 0.4) is 0 Å². The number of nitrogens with one attached hydrogen (secondary N) is 2. The van der Waals surface area contributed by atoms with Crippen LogP contribution in [0.4, 0.5) is 38.2 Å². The van der Waals surface area contributed by atoms with Crippen LogP contribution >= 0.6 is 28.7 Å². The quantitative estimate of drug-likeness (QED) is 0.247. The van der Waals surface area contributed by atoms with Crippen molar-refractivity contribution >= 4 is 60.1 Å². The van der Waals surface area contributed by atoms with Gasteiger partial charge in [0.1, 0.15) is 17.6 Å². The van der Waals surface area contributed by atoms with Crippen LogP contribution in [0.15, 0.2) is 24.4 Å². The van der Waals surface area contributed by atoms with Crippen molar-refractivity contribution in [3.63, 3.8) is 0 Å². The molecule has 0 fully saturated rings. The fraction of sp³-hybridized carbons (Fsp3) is 0.286. The molecule has 0 saturated heterocycles. The second-order valence-corrected chi connectivity index (χ2v) is 7.11. The first-order valence-corrected chi connectivity index (χ1v) is 9.50. The molecule has 0 bridgehead atoms. The topological polar surface area (TPSA) is 140 Å². The number of carbonyl (C=O) groups excluding carboxylic acids is 2. The second-order valence-electron chi connectivity index (χ2n) is 6.09. The summed E-state index contributed by atoms with van der Waals surface area (Å²) in [5.41, 5.74) is -4.48. The zero-order chi connectivity index (χ0) is 26.0. The van der Waals surface area contributed by atoms with Gasteiger partial charge in [0.15, 0.2) is 11.4 Å². The average molecular weight is 575 g/mol. The predicted molar refractivity (Wildman–Crippen MR) is 109 cm³/mol. The molecule has 0 spiro atoms. The Labute approximate surface area is 198 Å². The molecule has 34 heavy (non-hydrogen) atoms. The summed E-state index contributed by atoms with van der Waals surface area (Å²) < 4.78 is 77.6. The number of hydrogen-bond acceptors (Lipinski definition) is 8. The molecule has 0 aliphatic carbocycles. The molecule has 2 aromatic heterocycles. The molecular weight excluding hydrogens is 567 g/mol. The van der Waals surface area contributed by atoms with Gasteiger partial charge in [-0.1, -0.05) is 0 Å². The van der Waals surface area contributed by atoms with E-state index in [4.69, 9.17) is 0 Å². The van der Waals surface area contributed by atoms with Gasteiger partial charge in [0, 0.05) is 6.07 Å². The summed E-state index contributed by atoms with van der Waals surface area (Å²) in [7, 11) is 4.34. The van der Waals surface area contributed by atoms with E-state index in [2.05, 4.69) is 61.3 Å². The molecule has 11 nitrogen and oxygen atoms in total. The number of anilines is 2. The number of fused-ring (bicyclic) bond motifs is 2. The van der Waals surface area contributed by atoms with Gasteiger partial charge in [-0.2, -0.15) is 26.3 Å². The molecule has 2 aliphatic heterocycles. The van der Waals surface area contributed by atoms with Gasteiger partial charge in [0.25, 0.3) is 11.1 Å². The fourth-order valence-corrected chi connectivity index (χ4v) is 3.00. The van der Waals surface area contributed by atoms with Crippen molar-refractivity contribution in [2.75, 3.05) is 10.6 Å². The summed E-state index contributed by atoms with van der Waals surface area (Å²) in [6.45, 7) is -0.614. The third-order valence-electron chi connectivity index (χ3n) is 3.79. The van der Waals surface area contributed by atoms with Crippen LogP contribution in [0.1, 0.15) is 11.4 Å². The van der Waals surface area contributed by atoms with Gasteiger partial charge in [0.05, 0.1) is 0 Å². The summed E-state index contributed by atoms with van der Waals surface area (Å²) in [5.74, 6) is -1.87. The summed E-state index contributed by atoms with van der Waals surface area (Å²) in [6.07, 6.45) is -9.44. The number of aromatic nitrogens is 4. The van der Waals surface area contributed by atoms with E-state index in [0.717, 1.165) is 9.13 Å². The fourth-order valence-electron chi connectivity index (χ4n) is 2.48. The van der Waals surface area contributed by atoms with Crippen molar-refractivity contribution in [2.45, 2.75) is 25.4 Å². The Bertz CT molecular complexity index is 1280. The van der Waals surface area contributed by atoms with E-state index >= 15 is 0 Å². The molecule has 0 unspecified atom stereocenters. The average Bonchev–Trinajstić information content (AvgIpc) is 3.26. The van der Waals surface area contributed by atoms with Crippen molar-refractivity contribution in [2.24, 2.45) is 4.30 Å². The first kappa shape index (κ1) is 27.2. The van der Waals surface area contributed by atoms with Gasteiger partial charge in [-0.05, 0) is 15.9 Å². The minimum absolute atomic E-state index is 0.292. The van der Waals surface area contributed by atoms with E-state index in [9.17, 15) is 45.5 Å². The molecule has 4 rings (SSSR count). The van der Waals surface area contributed by atoms with Crippen molar-refractivity contribution in [3.8, 4) is 0 Å². The summed E-state index contributed by atoms with van der Waals surface area (Å²) >= 11 is 5.73. The van der Waals surface area contributed by atoms with Gasteiger partial charge in [0.2, 0.25) is 23.7 Å². The molecule has 0 saturated carbocycles. The molecule has 2 aliphatic rings. The minimum atomic E-state index is -4.75. The molecule has 2 aromatic rings. The number of amides is 2. The van der Waals surface area contributed by atoms with Crippen molar-refractivity contribution in [3.05, 3.63) is 42.6 Å². The van der Waals surface area contributed by atoms with Gasteiger partial charge in [-0.3, -0.25) is 38.9 Å². The van der Waals surface area contributed by atoms with Crippen LogP contribution in [0, 0.1) is 0 Å². The van der Waals surface area contributed by atoms with Crippen LogP contribution < -0.4 is 21.8 Å². The molecule has 2 N–H and O–H groups in total.